The summed E-state index contributed by atoms with van der Waals surface area (Å²) in [6, 6.07) is 14.0. The molecule has 0 fully saturated rings. The lowest BCUT2D eigenvalue weighted by atomic mass is 10.1. The summed E-state index contributed by atoms with van der Waals surface area (Å²) < 4.78 is 16.8. The first-order valence-electron chi connectivity index (χ1n) is 6.96. The van der Waals surface area contributed by atoms with Gasteiger partial charge >= 0.3 is 0 Å². The second kappa shape index (κ2) is 5.92. The van der Waals surface area contributed by atoms with Gasteiger partial charge in [0.25, 0.3) is 0 Å². The largest absolute Gasteiger partial charge is 0.488 e. The maximum atomic E-state index is 5.97. The average Bonchev–Trinajstić information content (AvgIpc) is 2.92. The SMILES string of the molecule is C=C(C)Cc1cc2c(cc1OCc1ccccc1)OCO2. The van der Waals surface area contributed by atoms with Gasteiger partial charge in [0.1, 0.15) is 12.4 Å². The number of ether oxygens (including phenoxy) is 3. The number of hydrogen-bond acceptors (Lipinski definition) is 3. The Labute approximate surface area is 124 Å². The van der Waals surface area contributed by atoms with Gasteiger partial charge in [-0.15, -0.1) is 0 Å². The van der Waals surface area contributed by atoms with E-state index in [0.29, 0.717) is 6.61 Å². The summed E-state index contributed by atoms with van der Waals surface area (Å²) in [7, 11) is 0. The number of benzene rings is 2. The fourth-order valence-corrected chi connectivity index (χ4v) is 2.30. The van der Waals surface area contributed by atoms with Crippen molar-refractivity contribution in [2.45, 2.75) is 20.0 Å². The summed E-state index contributed by atoms with van der Waals surface area (Å²) in [6.07, 6.45) is 0.765. The van der Waals surface area contributed by atoms with E-state index in [4.69, 9.17) is 14.2 Å². The molecule has 1 heterocycles. The van der Waals surface area contributed by atoms with Crippen molar-refractivity contribution in [1.82, 2.24) is 0 Å². The van der Waals surface area contributed by atoms with Crippen molar-refractivity contribution in [1.29, 1.82) is 0 Å². The van der Waals surface area contributed by atoms with Crippen LogP contribution in [-0.4, -0.2) is 6.79 Å². The van der Waals surface area contributed by atoms with E-state index in [1.807, 2.05) is 49.4 Å². The van der Waals surface area contributed by atoms with Crippen LogP contribution in [0.4, 0.5) is 0 Å². The van der Waals surface area contributed by atoms with Gasteiger partial charge in [-0.3, -0.25) is 0 Å². The number of allylic oxidation sites excluding steroid dienone is 1. The third-order valence-corrected chi connectivity index (χ3v) is 3.29. The number of rotatable bonds is 5. The number of fused-ring (bicyclic) bond motifs is 1. The van der Waals surface area contributed by atoms with Gasteiger partial charge in [-0.25, -0.2) is 0 Å². The van der Waals surface area contributed by atoms with Crippen LogP contribution in [0.3, 0.4) is 0 Å². The molecule has 2 aromatic carbocycles. The molecule has 0 aliphatic carbocycles. The second-order valence-electron chi connectivity index (χ2n) is 5.22. The zero-order valence-corrected chi connectivity index (χ0v) is 12.1. The highest BCUT2D eigenvalue weighted by molar-refractivity contribution is 5.52. The van der Waals surface area contributed by atoms with Crippen LogP contribution in [0, 0.1) is 0 Å². The van der Waals surface area contributed by atoms with E-state index in [9.17, 15) is 0 Å². The third-order valence-electron chi connectivity index (χ3n) is 3.29. The maximum Gasteiger partial charge on any atom is 0.231 e. The summed E-state index contributed by atoms with van der Waals surface area (Å²) in [5, 5.41) is 0. The molecule has 3 rings (SSSR count). The van der Waals surface area contributed by atoms with Crippen LogP contribution in [0.15, 0.2) is 54.6 Å². The van der Waals surface area contributed by atoms with Crippen molar-refractivity contribution >= 4 is 0 Å². The number of hydrogen-bond donors (Lipinski definition) is 0. The van der Waals surface area contributed by atoms with Crippen LogP contribution in [0.1, 0.15) is 18.1 Å². The van der Waals surface area contributed by atoms with E-state index in [0.717, 1.165) is 40.4 Å². The van der Waals surface area contributed by atoms with Gasteiger partial charge in [0.15, 0.2) is 11.5 Å². The Bertz CT molecular complexity index is 647. The summed E-state index contributed by atoms with van der Waals surface area (Å²) in [5.41, 5.74) is 3.29. The smallest absolute Gasteiger partial charge is 0.231 e. The van der Waals surface area contributed by atoms with Gasteiger partial charge < -0.3 is 14.2 Å². The molecule has 0 aromatic heterocycles. The van der Waals surface area contributed by atoms with Gasteiger partial charge in [0, 0.05) is 11.6 Å². The minimum Gasteiger partial charge on any atom is -0.488 e. The fourth-order valence-electron chi connectivity index (χ4n) is 2.30. The summed E-state index contributed by atoms with van der Waals surface area (Å²) >= 11 is 0. The first kappa shape index (κ1) is 13.6. The molecular formula is C18H18O3. The topological polar surface area (TPSA) is 27.7 Å². The Balaban J connectivity index is 1.83. The molecule has 0 spiro atoms. The van der Waals surface area contributed by atoms with Crippen molar-refractivity contribution in [2.75, 3.05) is 6.79 Å². The summed E-state index contributed by atoms with van der Waals surface area (Å²) in [4.78, 5) is 0. The van der Waals surface area contributed by atoms with Crippen LogP contribution >= 0.6 is 0 Å². The van der Waals surface area contributed by atoms with Crippen LogP contribution in [0.25, 0.3) is 0 Å². The molecule has 0 atom stereocenters. The summed E-state index contributed by atoms with van der Waals surface area (Å²) in [5.74, 6) is 2.34. The molecule has 0 N–H and O–H groups in total. The van der Waals surface area contributed by atoms with E-state index >= 15 is 0 Å². The Morgan fingerprint density at radius 3 is 2.57 bits per heavy atom. The minimum absolute atomic E-state index is 0.268. The van der Waals surface area contributed by atoms with Crippen molar-refractivity contribution < 1.29 is 14.2 Å². The normalized spacial score (nSPS) is 12.2. The summed E-state index contributed by atoms with van der Waals surface area (Å²) in [6.45, 7) is 6.78. The van der Waals surface area contributed by atoms with Gasteiger partial charge in [0.2, 0.25) is 6.79 Å². The van der Waals surface area contributed by atoms with Crippen molar-refractivity contribution in [3.63, 3.8) is 0 Å². The first-order chi connectivity index (χ1) is 10.2. The lowest BCUT2D eigenvalue weighted by Crippen LogP contribution is -1.99. The first-order valence-corrected chi connectivity index (χ1v) is 6.96. The Morgan fingerprint density at radius 1 is 1.14 bits per heavy atom. The van der Waals surface area contributed by atoms with Crippen LogP contribution in [-0.2, 0) is 13.0 Å². The molecule has 0 unspecified atom stereocenters. The quantitative estimate of drug-likeness (QED) is 0.772. The highest BCUT2D eigenvalue weighted by Gasteiger charge is 2.18. The fraction of sp³-hybridized carbons (Fsp3) is 0.222. The Morgan fingerprint density at radius 2 is 1.86 bits per heavy atom. The molecule has 1 aliphatic rings. The van der Waals surface area contributed by atoms with Gasteiger partial charge in [-0.1, -0.05) is 42.5 Å². The zero-order valence-electron chi connectivity index (χ0n) is 12.1. The average molecular weight is 282 g/mol. The minimum atomic E-state index is 0.268. The Kier molecular flexibility index (Phi) is 3.82. The molecule has 21 heavy (non-hydrogen) atoms. The standard InChI is InChI=1S/C18H18O3/c1-13(2)8-15-9-17-18(21-12-20-17)10-16(15)19-11-14-6-4-3-5-7-14/h3-7,9-10H,1,8,11-12H2,2H3. The molecule has 0 radical (unpaired) electrons. The van der Waals surface area contributed by atoms with Gasteiger partial charge in [0.05, 0.1) is 0 Å². The van der Waals surface area contributed by atoms with E-state index in [1.165, 1.54) is 0 Å². The Hall–Kier alpha value is -2.42. The highest BCUT2D eigenvalue weighted by Crippen LogP contribution is 2.39. The predicted octanol–water partition coefficient (Wildman–Crippen LogP) is 4.11. The second-order valence-corrected chi connectivity index (χ2v) is 5.22. The third kappa shape index (κ3) is 3.19. The van der Waals surface area contributed by atoms with Crippen LogP contribution in [0.2, 0.25) is 0 Å². The maximum absolute atomic E-state index is 5.97. The molecule has 2 aromatic rings. The van der Waals surface area contributed by atoms with Crippen LogP contribution in [0.5, 0.6) is 17.2 Å². The zero-order chi connectivity index (χ0) is 14.7. The molecule has 1 aliphatic heterocycles. The van der Waals surface area contributed by atoms with E-state index in [1.54, 1.807) is 0 Å². The molecule has 3 nitrogen and oxygen atoms in total. The van der Waals surface area contributed by atoms with E-state index in [2.05, 4.69) is 6.58 Å². The predicted molar refractivity (Wildman–Crippen MR) is 81.9 cm³/mol. The highest BCUT2D eigenvalue weighted by atomic mass is 16.7. The van der Waals surface area contributed by atoms with E-state index < -0.39 is 0 Å². The molecule has 0 saturated heterocycles. The van der Waals surface area contributed by atoms with Gasteiger partial charge in [-0.2, -0.15) is 0 Å². The molecule has 0 amide bonds. The molecule has 3 heteroatoms. The molecule has 0 bridgehead atoms. The van der Waals surface area contributed by atoms with Crippen LogP contribution < -0.4 is 14.2 Å². The molecule has 108 valence electrons. The van der Waals surface area contributed by atoms with Crippen molar-refractivity contribution in [3.05, 3.63) is 65.7 Å². The lowest BCUT2D eigenvalue weighted by molar-refractivity contribution is 0.173. The monoisotopic (exact) mass is 282 g/mol. The van der Waals surface area contributed by atoms with Gasteiger partial charge in [-0.05, 0) is 25.0 Å². The molecule has 0 saturated carbocycles. The lowest BCUT2D eigenvalue weighted by Gasteiger charge is -2.13. The van der Waals surface area contributed by atoms with Crippen molar-refractivity contribution in [3.8, 4) is 17.2 Å². The van der Waals surface area contributed by atoms with Crippen molar-refractivity contribution in [2.24, 2.45) is 0 Å². The molecular weight excluding hydrogens is 264 g/mol. The van der Waals surface area contributed by atoms with E-state index in [-0.39, 0.29) is 6.79 Å².